The largest absolute Gasteiger partial charge is 0.495 e. The van der Waals surface area contributed by atoms with Crippen LogP contribution in [0.4, 0.5) is 23.1 Å². The second-order valence-electron chi connectivity index (χ2n) is 8.73. The molecule has 4 rings (SSSR count). The zero-order chi connectivity index (χ0) is 24.9. The number of carboxylic acids is 1. The maximum Gasteiger partial charge on any atom is 0.303 e. The molecule has 8 nitrogen and oxygen atoms in total. The SMILES string of the molecule is COc1cc2c(cc1Nc1ncc(Cl)c(N(CCCC(=O)O)c3ccccc3C)n1)CN(C)CC2. The first-order chi connectivity index (χ1) is 16.9. The maximum absolute atomic E-state index is 11.1. The summed E-state index contributed by atoms with van der Waals surface area (Å²) in [6, 6.07) is 12.0. The molecule has 2 heterocycles. The van der Waals surface area contributed by atoms with Crippen molar-refractivity contribution >= 4 is 40.7 Å². The molecule has 1 aromatic heterocycles. The number of carbonyl (C=O) groups is 1. The highest BCUT2D eigenvalue weighted by atomic mass is 35.5. The number of carboxylic acid groups (broad SMARTS) is 1. The molecule has 35 heavy (non-hydrogen) atoms. The Morgan fingerprint density at radius 3 is 2.83 bits per heavy atom. The van der Waals surface area contributed by atoms with E-state index in [2.05, 4.69) is 34.4 Å². The zero-order valence-corrected chi connectivity index (χ0v) is 21.0. The van der Waals surface area contributed by atoms with Crippen LogP contribution >= 0.6 is 11.6 Å². The molecule has 0 amide bonds. The Morgan fingerprint density at radius 2 is 2.09 bits per heavy atom. The Morgan fingerprint density at radius 1 is 1.29 bits per heavy atom. The van der Waals surface area contributed by atoms with E-state index in [1.807, 2.05) is 36.1 Å². The van der Waals surface area contributed by atoms with Gasteiger partial charge in [0.05, 0.1) is 19.0 Å². The van der Waals surface area contributed by atoms with Crippen LogP contribution < -0.4 is 15.0 Å². The Hall–Kier alpha value is -3.36. The number of nitrogens with one attached hydrogen (secondary N) is 1. The Bertz CT molecular complexity index is 1220. The number of anilines is 4. The molecular formula is C26H30ClN5O3. The number of likely N-dealkylation sites (N-methyl/N-ethyl adjacent to an activating group) is 1. The molecular weight excluding hydrogens is 466 g/mol. The second-order valence-corrected chi connectivity index (χ2v) is 9.14. The summed E-state index contributed by atoms with van der Waals surface area (Å²) >= 11 is 6.57. The van der Waals surface area contributed by atoms with Gasteiger partial charge in [-0.3, -0.25) is 4.79 Å². The lowest BCUT2D eigenvalue weighted by atomic mass is 9.99. The number of rotatable bonds is 9. The number of hydrogen-bond donors (Lipinski definition) is 2. The molecule has 0 radical (unpaired) electrons. The number of ether oxygens (including phenoxy) is 1. The van der Waals surface area contributed by atoms with Crippen molar-refractivity contribution < 1.29 is 14.6 Å². The lowest BCUT2D eigenvalue weighted by molar-refractivity contribution is -0.137. The van der Waals surface area contributed by atoms with Gasteiger partial charge in [0.15, 0.2) is 5.82 Å². The van der Waals surface area contributed by atoms with Crippen molar-refractivity contribution in [1.82, 2.24) is 14.9 Å². The van der Waals surface area contributed by atoms with Crippen LogP contribution in [0, 0.1) is 6.92 Å². The first-order valence-corrected chi connectivity index (χ1v) is 12.0. The standard InChI is InChI=1S/C26H30ClN5O3/c1-17-7-4-5-8-22(17)32(11-6-9-24(33)34)25-20(27)15-28-26(30-25)29-21-13-19-16-31(2)12-10-18(19)14-23(21)35-3/h4-5,7-8,13-15H,6,9-12,16H2,1-3H3,(H,33,34)(H,28,29,30). The number of methoxy groups -OCH3 is 1. The molecule has 1 aliphatic rings. The molecule has 0 atom stereocenters. The van der Waals surface area contributed by atoms with E-state index in [4.69, 9.17) is 26.4 Å². The van der Waals surface area contributed by atoms with Crippen LogP contribution in [-0.4, -0.2) is 53.2 Å². The third kappa shape index (κ3) is 5.83. The van der Waals surface area contributed by atoms with Crippen LogP contribution in [0.3, 0.4) is 0 Å². The Kier molecular flexibility index (Phi) is 7.73. The van der Waals surface area contributed by atoms with Gasteiger partial charge in [0.1, 0.15) is 10.8 Å². The van der Waals surface area contributed by atoms with E-state index >= 15 is 0 Å². The Balaban J connectivity index is 1.68. The fourth-order valence-corrected chi connectivity index (χ4v) is 4.51. The van der Waals surface area contributed by atoms with Crippen molar-refractivity contribution in [3.8, 4) is 5.75 Å². The topological polar surface area (TPSA) is 90.8 Å². The van der Waals surface area contributed by atoms with E-state index in [-0.39, 0.29) is 6.42 Å². The second kappa shape index (κ2) is 10.9. The first kappa shape index (κ1) is 24.8. The molecule has 0 unspecified atom stereocenters. The molecule has 0 spiro atoms. The van der Waals surface area contributed by atoms with Gasteiger partial charge in [-0.25, -0.2) is 4.98 Å². The summed E-state index contributed by atoms with van der Waals surface area (Å²) < 4.78 is 5.65. The van der Waals surface area contributed by atoms with E-state index in [1.165, 1.54) is 11.1 Å². The first-order valence-electron chi connectivity index (χ1n) is 11.6. The molecule has 0 bridgehead atoms. The van der Waals surface area contributed by atoms with Crippen molar-refractivity contribution in [3.05, 3.63) is 64.3 Å². The van der Waals surface area contributed by atoms with Gasteiger partial charge >= 0.3 is 5.97 Å². The number of fused-ring (bicyclic) bond motifs is 1. The van der Waals surface area contributed by atoms with Gasteiger partial charge in [0.2, 0.25) is 5.95 Å². The van der Waals surface area contributed by atoms with E-state index in [1.54, 1.807) is 13.3 Å². The molecule has 184 valence electrons. The molecule has 1 aliphatic heterocycles. The summed E-state index contributed by atoms with van der Waals surface area (Å²) in [5.41, 5.74) is 5.26. The van der Waals surface area contributed by atoms with Crippen molar-refractivity contribution in [1.29, 1.82) is 0 Å². The maximum atomic E-state index is 11.1. The lowest BCUT2D eigenvalue weighted by Gasteiger charge is -2.27. The smallest absolute Gasteiger partial charge is 0.303 e. The van der Waals surface area contributed by atoms with Gasteiger partial charge in [0.25, 0.3) is 0 Å². The summed E-state index contributed by atoms with van der Waals surface area (Å²) in [4.78, 5) is 24.5. The van der Waals surface area contributed by atoms with Crippen molar-refractivity contribution in [2.24, 2.45) is 0 Å². The van der Waals surface area contributed by atoms with Crippen LogP contribution in [0.1, 0.15) is 29.5 Å². The molecule has 2 aromatic carbocycles. The molecule has 0 aliphatic carbocycles. The highest BCUT2D eigenvalue weighted by Crippen LogP contribution is 2.36. The van der Waals surface area contributed by atoms with Crippen LogP contribution in [0.2, 0.25) is 5.02 Å². The zero-order valence-electron chi connectivity index (χ0n) is 20.2. The average Bonchev–Trinajstić information content (AvgIpc) is 2.83. The predicted molar refractivity (Wildman–Crippen MR) is 138 cm³/mol. The van der Waals surface area contributed by atoms with E-state index < -0.39 is 5.97 Å². The van der Waals surface area contributed by atoms with Crippen molar-refractivity contribution in [2.75, 3.05) is 37.5 Å². The molecule has 0 saturated heterocycles. The fourth-order valence-electron chi connectivity index (χ4n) is 4.32. The van der Waals surface area contributed by atoms with Crippen molar-refractivity contribution in [2.45, 2.75) is 32.7 Å². The minimum absolute atomic E-state index is 0.0525. The van der Waals surface area contributed by atoms with Gasteiger partial charge in [0, 0.05) is 31.7 Å². The van der Waals surface area contributed by atoms with Gasteiger partial charge in [-0.2, -0.15) is 4.98 Å². The number of hydrogen-bond acceptors (Lipinski definition) is 7. The Labute approximate surface area is 210 Å². The van der Waals surface area contributed by atoms with E-state index in [9.17, 15) is 4.79 Å². The molecule has 2 N–H and O–H groups in total. The average molecular weight is 496 g/mol. The van der Waals surface area contributed by atoms with Crippen molar-refractivity contribution in [3.63, 3.8) is 0 Å². The van der Waals surface area contributed by atoms with Crippen LogP contribution in [0.25, 0.3) is 0 Å². The van der Waals surface area contributed by atoms with Gasteiger partial charge < -0.3 is 25.0 Å². The highest BCUT2D eigenvalue weighted by Gasteiger charge is 2.20. The van der Waals surface area contributed by atoms with Gasteiger partial charge in [-0.05, 0) is 61.7 Å². The summed E-state index contributed by atoms with van der Waals surface area (Å²) in [7, 11) is 3.76. The fraction of sp³-hybridized carbons (Fsp3) is 0.346. The number of halogens is 1. The third-order valence-electron chi connectivity index (χ3n) is 6.13. The van der Waals surface area contributed by atoms with Gasteiger partial charge in [-0.1, -0.05) is 29.8 Å². The number of aryl methyl sites for hydroxylation is 1. The summed E-state index contributed by atoms with van der Waals surface area (Å²) in [6.45, 7) is 4.33. The number of para-hydroxylation sites is 1. The minimum Gasteiger partial charge on any atom is -0.495 e. The summed E-state index contributed by atoms with van der Waals surface area (Å²) in [6.07, 6.45) is 3.04. The molecule has 0 saturated carbocycles. The number of benzene rings is 2. The number of nitrogens with zero attached hydrogens (tertiary/aromatic N) is 4. The normalized spacial score (nSPS) is 13.3. The van der Waals surface area contributed by atoms with Crippen LogP contribution in [-0.2, 0) is 17.8 Å². The van der Waals surface area contributed by atoms with Crippen LogP contribution in [0.5, 0.6) is 5.75 Å². The van der Waals surface area contributed by atoms with E-state index in [0.29, 0.717) is 29.8 Å². The predicted octanol–water partition coefficient (Wildman–Crippen LogP) is 5.18. The number of aliphatic carboxylic acids is 1. The minimum atomic E-state index is -0.837. The summed E-state index contributed by atoms with van der Waals surface area (Å²) in [5.74, 6) is 0.783. The number of aromatic nitrogens is 2. The molecule has 9 heteroatoms. The lowest BCUT2D eigenvalue weighted by Crippen LogP contribution is -2.26. The van der Waals surface area contributed by atoms with E-state index in [0.717, 1.165) is 42.2 Å². The quantitative estimate of drug-likeness (QED) is 0.419. The molecule has 0 fully saturated rings. The molecule has 3 aromatic rings. The van der Waals surface area contributed by atoms with Crippen LogP contribution in [0.15, 0.2) is 42.6 Å². The van der Waals surface area contributed by atoms with Gasteiger partial charge in [-0.15, -0.1) is 0 Å². The monoisotopic (exact) mass is 495 g/mol. The summed E-state index contributed by atoms with van der Waals surface area (Å²) in [5, 5.41) is 12.8. The highest BCUT2D eigenvalue weighted by molar-refractivity contribution is 6.33. The third-order valence-corrected chi connectivity index (χ3v) is 6.40.